The van der Waals surface area contributed by atoms with Crippen molar-refractivity contribution in [2.24, 2.45) is 5.84 Å². The molecule has 1 heterocycles. The van der Waals surface area contributed by atoms with E-state index in [1.54, 1.807) is 61.8 Å². The number of benzene rings is 3. The van der Waals surface area contributed by atoms with E-state index >= 15 is 0 Å². The fourth-order valence-electron chi connectivity index (χ4n) is 4.01. The smallest absolute Gasteiger partial charge is 0.264 e. The van der Waals surface area contributed by atoms with E-state index in [0.29, 0.717) is 29.4 Å². The number of ether oxygens (including phenoxy) is 2. The number of pyridine rings is 1. The molecular formula is C28H29FN4O5S. The van der Waals surface area contributed by atoms with Crippen molar-refractivity contribution in [3.8, 4) is 11.5 Å². The minimum Gasteiger partial charge on any atom is -0.490 e. The van der Waals surface area contributed by atoms with E-state index < -0.39 is 32.7 Å². The summed E-state index contributed by atoms with van der Waals surface area (Å²) in [5.74, 6) is 5.65. The molecule has 1 amide bonds. The Labute approximate surface area is 226 Å². The number of hydrogen-bond acceptors (Lipinski definition) is 8. The lowest BCUT2D eigenvalue weighted by Crippen LogP contribution is -2.46. The van der Waals surface area contributed by atoms with Gasteiger partial charge in [-0.1, -0.05) is 18.2 Å². The monoisotopic (exact) mass is 552 g/mol. The summed E-state index contributed by atoms with van der Waals surface area (Å²) in [6.45, 7) is 5.87. The predicted octanol–water partition coefficient (Wildman–Crippen LogP) is 4.49. The molecule has 0 aliphatic carbocycles. The standard InChI is InChI=1S/C28H29FN4O5S/c1-4-37-26-15-20(9-11-25(26)38-18(2)3)27(28(34)32-39(35,36)24-7-5-6-22(29)16-24)33(30)23-10-8-21-17-31-13-12-19(21)14-23/h5-18,27H,4,30H2,1-3H3,(H,32,34). The van der Waals surface area contributed by atoms with Crippen molar-refractivity contribution in [1.29, 1.82) is 0 Å². The van der Waals surface area contributed by atoms with Gasteiger partial charge in [0, 0.05) is 17.8 Å². The molecule has 0 saturated heterocycles. The van der Waals surface area contributed by atoms with Crippen LogP contribution < -0.4 is 25.0 Å². The molecule has 0 aliphatic rings. The second-order valence-corrected chi connectivity index (χ2v) is 10.6. The number of anilines is 1. The molecule has 0 aliphatic heterocycles. The lowest BCUT2D eigenvalue weighted by molar-refractivity contribution is -0.120. The first-order valence-corrected chi connectivity index (χ1v) is 13.7. The molecule has 0 bridgehead atoms. The Balaban J connectivity index is 1.78. The number of hydrazine groups is 1. The largest absolute Gasteiger partial charge is 0.490 e. The summed E-state index contributed by atoms with van der Waals surface area (Å²) in [6.07, 6.45) is 3.19. The van der Waals surface area contributed by atoms with E-state index in [4.69, 9.17) is 15.3 Å². The van der Waals surface area contributed by atoms with Gasteiger partial charge in [0.2, 0.25) is 0 Å². The fourth-order valence-corrected chi connectivity index (χ4v) is 5.03. The molecule has 3 aromatic carbocycles. The van der Waals surface area contributed by atoms with Crippen LogP contribution in [-0.4, -0.2) is 32.0 Å². The molecule has 9 nitrogen and oxygen atoms in total. The summed E-state index contributed by atoms with van der Waals surface area (Å²) in [4.78, 5) is 17.3. The number of nitrogens with two attached hydrogens (primary N) is 1. The van der Waals surface area contributed by atoms with Crippen LogP contribution in [0.1, 0.15) is 32.4 Å². The van der Waals surface area contributed by atoms with Gasteiger partial charge in [-0.2, -0.15) is 0 Å². The molecule has 1 atom stereocenters. The van der Waals surface area contributed by atoms with Crippen LogP contribution in [-0.2, 0) is 14.8 Å². The van der Waals surface area contributed by atoms with Crippen LogP contribution in [0, 0.1) is 5.82 Å². The van der Waals surface area contributed by atoms with Crippen LogP contribution in [0.4, 0.5) is 10.1 Å². The van der Waals surface area contributed by atoms with Crippen LogP contribution in [0.5, 0.6) is 11.5 Å². The van der Waals surface area contributed by atoms with Gasteiger partial charge >= 0.3 is 0 Å². The van der Waals surface area contributed by atoms with Crippen molar-refractivity contribution in [3.05, 3.63) is 90.5 Å². The molecule has 0 spiro atoms. The van der Waals surface area contributed by atoms with E-state index in [0.717, 1.165) is 22.9 Å². The Morgan fingerprint density at radius 1 is 1.05 bits per heavy atom. The topological polar surface area (TPSA) is 124 Å². The van der Waals surface area contributed by atoms with Gasteiger partial charge in [0.05, 0.1) is 23.3 Å². The summed E-state index contributed by atoms with van der Waals surface area (Å²) < 4.78 is 53.4. The Morgan fingerprint density at radius 2 is 1.85 bits per heavy atom. The number of fused-ring (bicyclic) bond motifs is 1. The van der Waals surface area contributed by atoms with E-state index in [-0.39, 0.29) is 6.10 Å². The van der Waals surface area contributed by atoms with Gasteiger partial charge in [-0.05, 0) is 80.3 Å². The number of sulfonamides is 1. The predicted molar refractivity (Wildman–Crippen MR) is 146 cm³/mol. The first-order valence-electron chi connectivity index (χ1n) is 12.2. The highest BCUT2D eigenvalue weighted by Gasteiger charge is 2.31. The summed E-state index contributed by atoms with van der Waals surface area (Å²) in [5.41, 5.74) is 0.788. The Kier molecular flexibility index (Phi) is 8.32. The van der Waals surface area contributed by atoms with Crippen LogP contribution in [0.2, 0.25) is 0 Å². The molecule has 4 aromatic rings. The van der Waals surface area contributed by atoms with E-state index in [9.17, 15) is 17.6 Å². The highest BCUT2D eigenvalue weighted by Crippen LogP contribution is 2.35. The number of halogens is 1. The fraction of sp³-hybridized carbons (Fsp3) is 0.214. The SMILES string of the molecule is CCOc1cc(C(C(=O)NS(=O)(=O)c2cccc(F)c2)N(N)c2ccc3cnccc3c2)ccc1OC(C)C. The normalized spacial score (nSPS) is 12.3. The third-order valence-electron chi connectivity index (χ3n) is 5.74. The average molecular weight is 553 g/mol. The first kappa shape index (κ1) is 27.8. The number of nitrogens with one attached hydrogen (secondary N) is 1. The van der Waals surface area contributed by atoms with Gasteiger partial charge in [0.25, 0.3) is 15.9 Å². The molecule has 4 rings (SSSR count). The zero-order valence-electron chi connectivity index (χ0n) is 21.7. The van der Waals surface area contributed by atoms with Gasteiger partial charge in [-0.15, -0.1) is 0 Å². The van der Waals surface area contributed by atoms with Gasteiger partial charge in [-0.25, -0.2) is 23.4 Å². The van der Waals surface area contributed by atoms with Gasteiger partial charge in [0.15, 0.2) is 11.5 Å². The lowest BCUT2D eigenvalue weighted by Gasteiger charge is -2.29. The molecule has 0 fully saturated rings. The highest BCUT2D eigenvalue weighted by molar-refractivity contribution is 7.90. The molecule has 0 radical (unpaired) electrons. The van der Waals surface area contributed by atoms with Gasteiger partial charge in [0.1, 0.15) is 11.9 Å². The second-order valence-electron chi connectivity index (χ2n) is 8.95. The number of aromatic nitrogens is 1. The molecule has 11 heteroatoms. The number of amides is 1. The number of rotatable bonds is 10. The summed E-state index contributed by atoms with van der Waals surface area (Å²) in [5, 5.41) is 2.85. The zero-order chi connectivity index (χ0) is 28.2. The van der Waals surface area contributed by atoms with Crippen molar-refractivity contribution in [3.63, 3.8) is 0 Å². The zero-order valence-corrected chi connectivity index (χ0v) is 22.5. The highest BCUT2D eigenvalue weighted by atomic mass is 32.2. The average Bonchev–Trinajstić information content (AvgIpc) is 2.89. The van der Waals surface area contributed by atoms with E-state index in [1.807, 2.05) is 18.6 Å². The minimum absolute atomic E-state index is 0.136. The molecule has 1 aromatic heterocycles. The molecule has 39 heavy (non-hydrogen) atoms. The summed E-state index contributed by atoms with van der Waals surface area (Å²) in [7, 11) is -4.42. The number of carbonyl (C=O) groups is 1. The maximum absolute atomic E-state index is 13.7. The molecular weight excluding hydrogens is 523 g/mol. The van der Waals surface area contributed by atoms with Crippen LogP contribution in [0.15, 0.2) is 84.0 Å². The minimum atomic E-state index is -4.42. The third-order valence-corrected chi connectivity index (χ3v) is 7.08. The quantitative estimate of drug-likeness (QED) is 0.218. The summed E-state index contributed by atoms with van der Waals surface area (Å²) >= 11 is 0. The molecule has 3 N–H and O–H groups in total. The number of nitrogens with zero attached hydrogens (tertiary/aromatic N) is 2. The second kappa shape index (κ2) is 11.7. The molecule has 1 unspecified atom stereocenters. The van der Waals surface area contributed by atoms with Crippen molar-refractivity contribution >= 4 is 32.4 Å². The Morgan fingerprint density at radius 3 is 2.56 bits per heavy atom. The molecule has 0 saturated carbocycles. The Hall–Kier alpha value is -4.22. The van der Waals surface area contributed by atoms with Crippen LogP contribution in [0.25, 0.3) is 10.8 Å². The summed E-state index contributed by atoms with van der Waals surface area (Å²) in [6, 6.07) is 14.9. The Bertz CT molecular complexity index is 1600. The number of carbonyl (C=O) groups excluding carboxylic acids is 1. The van der Waals surface area contributed by atoms with Crippen molar-refractivity contribution in [1.82, 2.24) is 9.71 Å². The van der Waals surface area contributed by atoms with Crippen LogP contribution in [0.3, 0.4) is 0 Å². The first-order chi connectivity index (χ1) is 18.6. The van der Waals surface area contributed by atoms with E-state index in [1.165, 1.54) is 17.1 Å². The van der Waals surface area contributed by atoms with Crippen molar-refractivity contribution in [2.45, 2.75) is 37.8 Å². The van der Waals surface area contributed by atoms with Crippen molar-refractivity contribution < 1.29 is 27.1 Å². The maximum Gasteiger partial charge on any atom is 0.264 e. The third kappa shape index (κ3) is 6.44. The lowest BCUT2D eigenvalue weighted by atomic mass is 10.0. The molecule has 204 valence electrons. The number of hydrogen-bond donors (Lipinski definition) is 2. The van der Waals surface area contributed by atoms with Crippen LogP contribution >= 0.6 is 0 Å². The van der Waals surface area contributed by atoms with Gasteiger partial charge < -0.3 is 9.47 Å². The maximum atomic E-state index is 13.7. The van der Waals surface area contributed by atoms with Crippen molar-refractivity contribution in [2.75, 3.05) is 11.6 Å². The van der Waals surface area contributed by atoms with E-state index in [2.05, 4.69) is 4.98 Å². The van der Waals surface area contributed by atoms with Gasteiger partial charge in [-0.3, -0.25) is 14.8 Å².